The molecule has 0 unspecified atom stereocenters. The lowest BCUT2D eigenvalue weighted by molar-refractivity contribution is -0.137. The molecule has 0 fully saturated rings. The predicted molar refractivity (Wildman–Crippen MR) is 124 cm³/mol. The minimum atomic E-state index is -4.68. The highest BCUT2D eigenvalue weighted by Crippen LogP contribution is 2.32. The van der Waals surface area contributed by atoms with Crippen LogP contribution in [0.5, 0.6) is 0 Å². The van der Waals surface area contributed by atoms with E-state index in [4.69, 9.17) is 16.7 Å². The zero-order valence-electron chi connectivity index (χ0n) is 18.1. The van der Waals surface area contributed by atoms with Crippen molar-refractivity contribution in [2.24, 2.45) is 0 Å². The van der Waals surface area contributed by atoms with Crippen LogP contribution in [0.4, 0.5) is 18.9 Å². The van der Waals surface area contributed by atoms with E-state index in [1.165, 1.54) is 35.2 Å². The molecule has 0 aromatic heterocycles. The van der Waals surface area contributed by atoms with Gasteiger partial charge in [0.15, 0.2) is 0 Å². The maximum atomic E-state index is 13.1. The molecule has 0 aliphatic heterocycles. The largest absolute Gasteiger partial charge is 0.478 e. The first kappa shape index (κ1) is 25.7. The molecular formula is C25H19ClF3N3O3. The number of hydrogen-bond acceptors (Lipinski definition) is 4. The Labute approximate surface area is 204 Å². The topological polar surface area (TPSA) is 93.4 Å². The molecule has 2 N–H and O–H groups in total. The van der Waals surface area contributed by atoms with Gasteiger partial charge in [0.05, 0.1) is 35.8 Å². The molecule has 180 valence electrons. The number of alkyl halides is 3. The van der Waals surface area contributed by atoms with Gasteiger partial charge in [0.25, 0.3) is 0 Å². The summed E-state index contributed by atoms with van der Waals surface area (Å²) in [5.41, 5.74) is -0.0413. The summed E-state index contributed by atoms with van der Waals surface area (Å²) in [5.74, 6) is -1.54. The molecule has 3 aromatic carbocycles. The fourth-order valence-corrected chi connectivity index (χ4v) is 3.46. The fraction of sp³-hybridized carbons (Fsp3) is 0.160. The molecule has 0 saturated heterocycles. The highest BCUT2D eigenvalue weighted by molar-refractivity contribution is 6.30. The van der Waals surface area contributed by atoms with Gasteiger partial charge in [0, 0.05) is 17.3 Å². The van der Waals surface area contributed by atoms with Crippen molar-refractivity contribution >= 4 is 29.2 Å². The Morgan fingerprint density at radius 1 is 1.00 bits per heavy atom. The van der Waals surface area contributed by atoms with E-state index in [-0.39, 0.29) is 18.7 Å². The van der Waals surface area contributed by atoms with Crippen LogP contribution in [0.15, 0.2) is 66.7 Å². The van der Waals surface area contributed by atoms with E-state index >= 15 is 0 Å². The van der Waals surface area contributed by atoms with Crippen molar-refractivity contribution in [2.45, 2.75) is 19.3 Å². The lowest BCUT2D eigenvalue weighted by atomic mass is 10.0. The van der Waals surface area contributed by atoms with E-state index in [2.05, 4.69) is 5.32 Å². The van der Waals surface area contributed by atoms with Gasteiger partial charge in [0.1, 0.15) is 0 Å². The molecule has 10 heteroatoms. The zero-order chi connectivity index (χ0) is 25.6. The number of anilines is 1. The van der Waals surface area contributed by atoms with E-state index in [9.17, 15) is 28.0 Å². The number of carboxylic acids is 1. The van der Waals surface area contributed by atoms with Crippen LogP contribution in [-0.2, 0) is 24.1 Å². The Kier molecular flexibility index (Phi) is 8.12. The van der Waals surface area contributed by atoms with Gasteiger partial charge in [-0.3, -0.25) is 4.79 Å². The van der Waals surface area contributed by atoms with Crippen molar-refractivity contribution in [3.05, 3.63) is 99.6 Å². The van der Waals surface area contributed by atoms with Crippen molar-refractivity contribution < 1.29 is 27.9 Å². The molecule has 6 nitrogen and oxygen atoms in total. The molecule has 3 aromatic rings. The molecule has 0 heterocycles. The average Bonchev–Trinajstić information content (AvgIpc) is 2.83. The maximum absolute atomic E-state index is 13.1. The number of hydrogen-bond donors (Lipinski definition) is 2. The summed E-state index contributed by atoms with van der Waals surface area (Å²) in [6.45, 7) is 0.142. The van der Waals surface area contributed by atoms with Crippen molar-refractivity contribution in [3.63, 3.8) is 0 Å². The van der Waals surface area contributed by atoms with E-state index in [1.54, 1.807) is 30.3 Å². The van der Waals surface area contributed by atoms with Gasteiger partial charge in [0.2, 0.25) is 5.91 Å². The fourth-order valence-electron chi connectivity index (χ4n) is 3.33. The molecule has 0 atom stereocenters. The lowest BCUT2D eigenvalue weighted by Gasteiger charge is -2.24. The Morgan fingerprint density at radius 2 is 1.63 bits per heavy atom. The summed E-state index contributed by atoms with van der Waals surface area (Å²) < 4.78 is 39.4. The first-order chi connectivity index (χ1) is 16.6. The van der Waals surface area contributed by atoms with Crippen molar-refractivity contribution in [2.75, 3.05) is 11.4 Å². The summed E-state index contributed by atoms with van der Waals surface area (Å²) in [7, 11) is 0. The van der Waals surface area contributed by atoms with Crippen LogP contribution in [0.2, 0.25) is 5.02 Å². The first-order valence-corrected chi connectivity index (χ1v) is 10.7. The molecule has 0 bridgehead atoms. The summed E-state index contributed by atoms with van der Waals surface area (Å²) >= 11 is 5.87. The minimum Gasteiger partial charge on any atom is -0.478 e. The molecule has 3 rings (SSSR count). The van der Waals surface area contributed by atoms with Crippen LogP contribution in [-0.4, -0.2) is 23.5 Å². The summed E-state index contributed by atoms with van der Waals surface area (Å²) in [5, 5.41) is 21.9. The smallest absolute Gasteiger partial charge is 0.417 e. The first-order valence-electron chi connectivity index (χ1n) is 10.3. The number of halogens is 4. The van der Waals surface area contributed by atoms with Gasteiger partial charge >= 0.3 is 12.1 Å². The number of nitriles is 1. The monoisotopic (exact) mass is 501 g/mol. The normalized spacial score (nSPS) is 11.1. The number of nitrogens with one attached hydrogen (secondary N) is 1. The third-order valence-corrected chi connectivity index (χ3v) is 5.35. The molecule has 0 aliphatic carbocycles. The lowest BCUT2D eigenvalue weighted by Crippen LogP contribution is -2.37. The zero-order valence-corrected chi connectivity index (χ0v) is 18.9. The molecular weight excluding hydrogens is 483 g/mol. The van der Waals surface area contributed by atoms with Crippen LogP contribution in [0.1, 0.15) is 32.6 Å². The van der Waals surface area contributed by atoms with Gasteiger partial charge in [-0.25, -0.2) is 4.79 Å². The van der Waals surface area contributed by atoms with Crippen LogP contribution in [0.25, 0.3) is 0 Å². The van der Waals surface area contributed by atoms with Gasteiger partial charge < -0.3 is 15.3 Å². The second kappa shape index (κ2) is 11.0. The molecule has 1 amide bonds. The van der Waals surface area contributed by atoms with E-state index in [1.807, 2.05) is 0 Å². The van der Waals surface area contributed by atoms with Crippen LogP contribution in [0, 0.1) is 11.3 Å². The Hall–Kier alpha value is -3.87. The number of carboxylic acid groups (broad SMARTS) is 1. The second-order valence-electron chi connectivity index (χ2n) is 7.55. The molecule has 0 saturated carbocycles. The second-order valence-corrected chi connectivity index (χ2v) is 7.99. The summed E-state index contributed by atoms with van der Waals surface area (Å²) in [6, 6.07) is 17.2. The van der Waals surface area contributed by atoms with E-state index in [0.29, 0.717) is 22.8 Å². The quantitative estimate of drug-likeness (QED) is 0.439. The number of carbonyl (C=O) groups excluding carboxylic acids is 1. The maximum Gasteiger partial charge on any atom is 0.417 e. The predicted octanol–water partition coefficient (Wildman–Crippen LogP) is 5.25. The van der Waals surface area contributed by atoms with E-state index in [0.717, 1.165) is 17.7 Å². The molecule has 0 radical (unpaired) electrons. The van der Waals surface area contributed by atoms with Crippen LogP contribution < -0.4 is 10.2 Å². The number of nitrogens with zero attached hydrogens (tertiary/aromatic N) is 2. The average molecular weight is 502 g/mol. The van der Waals surface area contributed by atoms with Gasteiger partial charge in [-0.1, -0.05) is 29.8 Å². The third kappa shape index (κ3) is 6.82. The minimum absolute atomic E-state index is 0.0170. The van der Waals surface area contributed by atoms with Gasteiger partial charge in [-0.05, 0) is 59.7 Å². The standard InChI is InChI=1S/C25H19ClF3N3O3/c26-20-6-1-16(2-7-20)13-31-14-23(33)32(21-8-4-18(5-9-21)24(34)35)15-17-3-10-22(25(27,28)29)19(11-17)12-30/h1-11,31H,13-15H2,(H,34,35). The molecule has 0 aliphatic rings. The number of aromatic carboxylic acids is 1. The van der Waals surface area contributed by atoms with E-state index < -0.39 is 29.2 Å². The Bertz CT molecular complexity index is 1250. The Morgan fingerprint density at radius 3 is 2.20 bits per heavy atom. The highest BCUT2D eigenvalue weighted by Gasteiger charge is 2.33. The summed E-state index contributed by atoms with van der Waals surface area (Å²) in [6.07, 6.45) is -4.68. The number of amides is 1. The SMILES string of the molecule is N#Cc1cc(CN(C(=O)CNCc2ccc(Cl)cc2)c2ccc(C(=O)O)cc2)ccc1C(F)(F)F. The molecule has 0 spiro atoms. The number of carbonyl (C=O) groups is 2. The third-order valence-electron chi connectivity index (χ3n) is 5.10. The van der Waals surface area contributed by atoms with Crippen molar-refractivity contribution in [1.82, 2.24) is 5.32 Å². The summed E-state index contributed by atoms with van der Waals surface area (Å²) in [4.78, 5) is 25.5. The number of rotatable bonds is 8. The molecule has 35 heavy (non-hydrogen) atoms. The van der Waals surface area contributed by atoms with Crippen molar-refractivity contribution in [1.29, 1.82) is 5.26 Å². The van der Waals surface area contributed by atoms with Gasteiger partial charge in [-0.2, -0.15) is 18.4 Å². The van der Waals surface area contributed by atoms with Gasteiger partial charge in [-0.15, -0.1) is 0 Å². The van der Waals surface area contributed by atoms with Crippen LogP contribution in [0.3, 0.4) is 0 Å². The number of benzene rings is 3. The Balaban J connectivity index is 1.83. The highest BCUT2D eigenvalue weighted by atomic mass is 35.5. The van der Waals surface area contributed by atoms with Crippen LogP contribution >= 0.6 is 11.6 Å². The van der Waals surface area contributed by atoms with Crippen molar-refractivity contribution in [3.8, 4) is 6.07 Å².